The van der Waals surface area contributed by atoms with E-state index in [1.807, 2.05) is 0 Å². The number of carbonyl (C=O) groups excluding carboxylic acids is 1. The number of halogens is 1. The molecule has 1 aliphatic carbocycles. The number of hydrogen-bond donors (Lipinski definition) is 2. The van der Waals surface area contributed by atoms with Crippen LogP contribution in [0.3, 0.4) is 0 Å². The second-order valence-corrected chi connectivity index (χ2v) is 6.23. The van der Waals surface area contributed by atoms with Crippen molar-refractivity contribution in [2.75, 3.05) is 5.32 Å². The number of nitrogens with one attached hydrogen (secondary N) is 1. The maximum absolute atomic E-state index is 13.1. The van der Waals surface area contributed by atoms with Crippen LogP contribution in [0.15, 0.2) is 48.5 Å². The largest absolute Gasteiger partial charge is 0.481 e. The molecule has 0 spiro atoms. The summed E-state index contributed by atoms with van der Waals surface area (Å²) in [5, 5.41) is 12.0. The first-order valence-corrected chi connectivity index (χ1v) is 7.83. The Labute approximate surface area is 139 Å². The Morgan fingerprint density at radius 1 is 1.17 bits per heavy atom. The lowest BCUT2D eigenvalue weighted by atomic mass is 9.94. The Balaban J connectivity index is 1.79. The van der Waals surface area contributed by atoms with E-state index in [0.717, 1.165) is 18.4 Å². The van der Waals surface area contributed by atoms with Crippen molar-refractivity contribution in [1.29, 1.82) is 0 Å². The average molecular weight is 327 g/mol. The smallest absolute Gasteiger partial charge is 0.310 e. The molecule has 1 atom stereocenters. The Kier molecular flexibility index (Phi) is 4.09. The van der Waals surface area contributed by atoms with Gasteiger partial charge in [-0.15, -0.1) is 0 Å². The highest BCUT2D eigenvalue weighted by Crippen LogP contribution is 2.49. The van der Waals surface area contributed by atoms with Crippen LogP contribution >= 0.6 is 0 Å². The Morgan fingerprint density at radius 3 is 2.42 bits per heavy atom. The molecule has 3 rings (SSSR count). The van der Waals surface area contributed by atoms with Crippen molar-refractivity contribution < 1.29 is 19.1 Å². The number of aliphatic carboxylic acids is 1. The third kappa shape index (κ3) is 3.02. The average Bonchev–Trinajstić information content (AvgIpc) is 3.37. The number of carboxylic acid groups (broad SMARTS) is 1. The molecule has 0 heterocycles. The van der Waals surface area contributed by atoms with E-state index in [4.69, 9.17) is 5.11 Å². The molecular formula is C19H18FNO3. The van der Waals surface area contributed by atoms with E-state index < -0.39 is 17.3 Å². The summed E-state index contributed by atoms with van der Waals surface area (Å²) in [5.74, 6) is -2.03. The molecule has 124 valence electrons. The lowest BCUT2D eigenvalue weighted by Gasteiger charge is -2.17. The second-order valence-electron chi connectivity index (χ2n) is 6.23. The van der Waals surface area contributed by atoms with Gasteiger partial charge in [-0.25, -0.2) is 4.39 Å². The van der Waals surface area contributed by atoms with Crippen molar-refractivity contribution in [1.82, 2.24) is 0 Å². The van der Waals surface area contributed by atoms with E-state index in [1.54, 1.807) is 43.3 Å². The van der Waals surface area contributed by atoms with Crippen molar-refractivity contribution >= 4 is 17.6 Å². The van der Waals surface area contributed by atoms with Crippen LogP contribution in [0.25, 0.3) is 0 Å². The minimum Gasteiger partial charge on any atom is -0.481 e. The number of carboxylic acids is 1. The fourth-order valence-corrected chi connectivity index (χ4v) is 2.82. The minimum atomic E-state index is -0.913. The zero-order valence-corrected chi connectivity index (χ0v) is 13.3. The molecule has 0 aliphatic heterocycles. The van der Waals surface area contributed by atoms with Gasteiger partial charge in [0.05, 0.1) is 11.3 Å². The van der Waals surface area contributed by atoms with E-state index in [-0.39, 0.29) is 11.7 Å². The van der Waals surface area contributed by atoms with Gasteiger partial charge in [0, 0.05) is 5.69 Å². The SMILES string of the molecule is CC(C(=O)O)c1cccc(NC(=O)C2(c3ccc(F)cc3)CC2)c1. The van der Waals surface area contributed by atoms with Gasteiger partial charge in [-0.05, 0) is 55.2 Å². The first-order valence-electron chi connectivity index (χ1n) is 7.83. The number of hydrogen-bond acceptors (Lipinski definition) is 2. The first kappa shape index (κ1) is 16.2. The number of anilines is 1. The predicted octanol–water partition coefficient (Wildman–Crippen LogP) is 3.68. The molecule has 2 aromatic carbocycles. The maximum atomic E-state index is 13.1. The minimum absolute atomic E-state index is 0.144. The number of rotatable bonds is 5. The second kappa shape index (κ2) is 6.07. The summed E-state index contributed by atoms with van der Waals surface area (Å²) in [7, 11) is 0. The van der Waals surface area contributed by atoms with Gasteiger partial charge in [0.15, 0.2) is 0 Å². The van der Waals surface area contributed by atoms with Crippen LogP contribution in [-0.4, -0.2) is 17.0 Å². The normalized spacial score (nSPS) is 16.2. The fourth-order valence-electron chi connectivity index (χ4n) is 2.82. The molecule has 0 bridgehead atoms. The maximum Gasteiger partial charge on any atom is 0.310 e. The molecule has 1 amide bonds. The predicted molar refractivity (Wildman–Crippen MR) is 88.4 cm³/mol. The molecule has 1 aliphatic rings. The Morgan fingerprint density at radius 2 is 1.83 bits per heavy atom. The molecule has 4 nitrogen and oxygen atoms in total. The molecule has 1 fully saturated rings. The van der Waals surface area contributed by atoms with Gasteiger partial charge < -0.3 is 10.4 Å². The molecule has 2 N–H and O–H groups in total. The Bertz CT molecular complexity index is 781. The van der Waals surface area contributed by atoms with Gasteiger partial charge in [0.2, 0.25) is 5.91 Å². The molecule has 1 unspecified atom stereocenters. The van der Waals surface area contributed by atoms with Crippen LogP contribution in [-0.2, 0) is 15.0 Å². The summed E-state index contributed by atoms with van der Waals surface area (Å²) in [4.78, 5) is 23.8. The van der Waals surface area contributed by atoms with Gasteiger partial charge >= 0.3 is 5.97 Å². The van der Waals surface area contributed by atoms with Gasteiger partial charge in [-0.2, -0.15) is 0 Å². The Hall–Kier alpha value is -2.69. The fraction of sp³-hybridized carbons (Fsp3) is 0.263. The molecule has 2 aromatic rings. The van der Waals surface area contributed by atoms with Crippen LogP contribution < -0.4 is 5.32 Å². The lowest BCUT2D eigenvalue weighted by Crippen LogP contribution is -2.27. The molecule has 0 saturated heterocycles. The van der Waals surface area contributed by atoms with Crippen LogP contribution in [0.2, 0.25) is 0 Å². The molecule has 24 heavy (non-hydrogen) atoms. The van der Waals surface area contributed by atoms with E-state index >= 15 is 0 Å². The van der Waals surface area contributed by atoms with Crippen molar-refractivity contribution in [3.63, 3.8) is 0 Å². The van der Waals surface area contributed by atoms with Gasteiger partial charge in [0.1, 0.15) is 5.82 Å². The van der Waals surface area contributed by atoms with E-state index in [2.05, 4.69) is 5.32 Å². The number of carbonyl (C=O) groups is 2. The van der Waals surface area contributed by atoms with Gasteiger partial charge in [-0.3, -0.25) is 9.59 Å². The third-order valence-corrected chi connectivity index (χ3v) is 4.60. The quantitative estimate of drug-likeness (QED) is 0.880. The molecule has 0 radical (unpaired) electrons. The summed E-state index contributed by atoms with van der Waals surface area (Å²) in [5.41, 5.74) is 1.39. The van der Waals surface area contributed by atoms with Crippen LogP contribution in [0, 0.1) is 5.82 Å². The van der Waals surface area contributed by atoms with Gasteiger partial charge in [-0.1, -0.05) is 24.3 Å². The van der Waals surface area contributed by atoms with Crippen molar-refractivity contribution in [2.24, 2.45) is 0 Å². The van der Waals surface area contributed by atoms with Crippen molar-refractivity contribution in [3.05, 3.63) is 65.5 Å². The van der Waals surface area contributed by atoms with Gasteiger partial charge in [0.25, 0.3) is 0 Å². The standard InChI is InChI=1S/C19H18FNO3/c1-12(17(22)23)13-3-2-4-16(11-13)21-18(24)19(9-10-19)14-5-7-15(20)8-6-14/h2-8,11-12H,9-10H2,1H3,(H,21,24)(H,22,23). The summed E-state index contributed by atoms with van der Waals surface area (Å²) < 4.78 is 13.1. The zero-order chi connectivity index (χ0) is 17.3. The summed E-state index contributed by atoms with van der Waals surface area (Å²) in [6.45, 7) is 1.60. The lowest BCUT2D eigenvalue weighted by molar-refractivity contribution is -0.138. The molecule has 1 saturated carbocycles. The van der Waals surface area contributed by atoms with Crippen molar-refractivity contribution in [2.45, 2.75) is 31.1 Å². The monoisotopic (exact) mass is 327 g/mol. The highest BCUT2D eigenvalue weighted by Gasteiger charge is 2.51. The van der Waals surface area contributed by atoms with Crippen LogP contribution in [0.1, 0.15) is 36.8 Å². The third-order valence-electron chi connectivity index (χ3n) is 4.60. The first-order chi connectivity index (χ1) is 11.4. The number of benzene rings is 2. The summed E-state index contributed by atoms with van der Waals surface area (Å²) >= 11 is 0. The van der Waals surface area contributed by atoms with Crippen molar-refractivity contribution in [3.8, 4) is 0 Å². The van der Waals surface area contributed by atoms with Crippen LogP contribution in [0.4, 0.5) is 10.1 Å². The van der Waals surface area contributed by atoms with E-state index in [9.17, 15) is 14.0 Å². The zero-order valence-electron chi connectivity index (χ0n) is 13.3. The topological polar surface area (TPSA) is 66.4 Å². The highest BCUT2D eigenvalue weighted by atomic mass is 19.1. The molecule has 5 heteroatoms. The summed E-state index contributed by atoms with van der Waals surface area (Å²) in [6, 6.07) is 12.9. The molecule has 0 aromatic heterocycles. The van der Waals surface area contributed by atoms with E-state index in [0.29, 0.717) is 11.3 Å². The highest BCUT2D eigenvalue weighted by molar-refractivity contribution is 6.01. The van der Waals surface area contributed by atoms with E-state index in [1.165, 1.54) is 12.1 Å². The number of amides is 1. The summed E-state index contributed by atoms with van der Waals surface area (Å²) in [6.07, 6.45) is 1.44. The molecular weight excluding hydrogens is 309 g/mol. The van der Waals surface area contributed by atoms with Crippen LogP contribution in [0.5, 0.6) is 0 Å².